The molecule has 1 saturated carbocycles. The summed E-state index contributed by atoms with van der Waals surface area (Å²) in [5.41, 5.74) is 1.70. The number of anilines is 1. The molecule has 3 unspecified atom stereocenters. The molecule has 1 aromatic rings. The number of carbonyl (C=O) groups is 3. The lowest BCUT2D eigenvalue weighted by Crippen LogP contribution is -2.62. The van der Waals surface area contributed by atoms with Crippen LogP contribution in [0.3, 0.4) is 0 Å². The highest BCUT2D eigenvalue weighted by molar-refractivity contribution is 6.17. The molecule has 2 N–H and O–H groups in total. The molecule has 1 heterocycles. The van der Waals surface area contributed by atoms with E-state index >= 15 is 0 Å². The predicted octanol–water partition coefficient (Wildman–Crippen LogP) is 2.17. The number of hydrogen-bond donors (Lipinski definition) is 2. The van der Waals surface area contributed by atoms with Gasteiger partial charge in [0.2, 0.25) is 5.91 Å². The smallest absolute Gasteiger partial charge is 0.328 e. The van der Waals surface area contributed by atoms with E-state index in [2.05, 4.69) is 5.32 Å². The summed E-state index contributed by atoms with van der Waals surface area (Å²) in [4.78, 5) is 37.4. The molecular weight excluding hydrogens is 296 g/mol. The molecule has 3 amide bonds. The summed E-state index contributed by atoms with van der Waals surface area (Å²) in [6.07, 6.45) is 2.17. The Morgan fingerprint density at radius 1 is 1.26 bits per heavy atom. The fraction of sp³-hybridized carbons (Fsp3) is 0.471. The first kappa shape index (κ1) is 15.5. The third kappa shape index (κ3) is 2.81. The van der Waals surface area contributed by atoms with Crippen LogP contribution in [0.2, 0.25) is 0 Å². The molecule has 1 aliphatic carbocycles. The molecule has 0 bridgehead atoms. The van der Waals surface area contributed by atoms with Crippen LogP contribution in [0, 0.1) is 11.8 Å². The van der Waals surface area contributed by atoms with Gasteiger partial charge in [-0.2, -0.15) is 0 Å². The second-order valence-electron chi connectivity index (χ2n) is 6.20. The van der Waals surface area contributed by atoms with Gasteiger partial charge in [0.25, 0.3) is 0 Å². The summed E-state index contributed by atoms with van der Waals surface area (Å²) >= 11 is 0. The topological polar surface area (TPSA) is 86.7 Å². The van der Waals surface area contributed by atoms with Gasteiger partial charge in [0.1, 0.15) is 0 Å². The van der Waals surface area contributed by atoms with Crippen LogP contribution in [0.5, 0.6) is 0 Å². The van der Waals surface area contributed by atoms with E-state index in [0.29, 0.717) is 24.9 Å². The van der Waals surface area contributed by atoms with Crippen molar-refractivity contribution < 1.29 is 19.5 Å². The van der Waals surface area contributed by atoms with Crippen LogP contribution < -0.4 is 10.2 Å². The minimum Gasteiger partial charge on any atom is -0.481 e. The average molecular weight is 316 g/mol. The summed E-state index contributed by atoms with van der Waals surface area (Å²) in [6, 6.07) is 6.52. The molecule has 0 radical (unpaired) electrons. The maximum Gasteiger partial charge on any atom is 0.328 e. The molecule has 2 fully saturated rings. The Kier molecular flexibility index (Phi) is 4.07. The van der Waals surface area contributed by atoms with Gasteiger partial charge in [0.15, 0.2) is 0 Å². The highest BCUT2D eigenvalue weighted by Crippen LogP contribution is 2.34. The first-order valence-electron chi connectivity index (χ1n) is 7.97. The molecule has 122 valence electrons. The summed E-state index contributed by atoms with van der Waals surface area (Å²) in [7, 11) is 0. The minimum atomic E-state index is -0.859. The van der Waals surface area contributed by atoms with Crippen molar-refractivity contribution >= 4 is 23.6 Å². The number of hydrogen-bond acceptors (Lipinski definition) is 3. The van der Waals surface area contributed by atoms with E-state index in [1.807, 2.05) is 19.1 Å². The van der Waals surface area contributed by atoms with Gasteiger partial charge < -0.3 is 10.4 Å². The predicted molar refractivity (Wildman–Crippen MR) is 84.1 cm³/mol. The highest BCUT2D eigenvalue weighted by atomic mass is 16.4. The zero-order valence-electron chi connectivity index (χ0n) is 13.0. The SMILES string of the molecule is CCc1ccc(N2C(=O)NC3CC(C(=O)O)CCC3C2=O)cc1. The van der Waals surface area contributed by atoms with E-state index in [9.17, 15) is 14.4 Å². The standard InChI is InChI=1S/C17H20N2O4/c1-2-10-3-6-12(7-4-10)19-15(20)13-8-5-11(16(21)22)9-14(13)18-17(19)23/h3-4,6-7,11,13-14H,2,5,8-9H2,1H3,(H,18,23)(H,21,22). The number of carbonyl (C=O) groups excluding carboxylic acids is 2. The van der Waals surface area contributed by atoms with Crippen molar-refractivity contribution in [2.75, 3.05) is 4.90 Å². The number of nitrogens with one attached hydrogen (secondary N) is 1. The number of benzene rings is 1. The Hall–Kier alpha value is -2.37. The van der Waals surface area contributed by atoms with Gasteiger partial charge in [0, 0.05) is 6.04 Å². The number of aryl methyl sites for hydroxylation is 1. The number of imide groups is 1. The third-order valence-electron chi connectivity index (χ3n) is 4.85. The Morgan fingerprint density at radius 2 is 1.96 bits per heavy atom. The number of carboxylic acid groups (broad SMARTS) is 1. The van der Waals surface area contributed by atoms with Gasteiger partial charge in [-0.3, -0.25) is 9.59 Å². The quantitative estimate of drug-likeness (QED) is 0.895. The van der Waals surface area contributed by atoms with E-state index in [4.69, 9.17) is 5.11 Å². The summed E-state index contributed by atoms with van der Waals surface area (Å²) in [6.45, 7) is 2.04. The zero-order chi connectivity index (χ0) is 16.6. The molecule has 6 nitrogen and oxygen atoms in total. The molecule has 3 rings (SSSR count). The van der Waals surface area contributed by atoms with E-state index < -0.39 is 17.9 Å². The van der Waals surface area contributed by atoms with Gasteiger partial charge >= 0.3 is 12.0 Å². The molecular formula is C17H20N2O4. The Balaban J connectivity index is 1.81. The van der Waals surface area contributed by atoms with Crippen LogP contribution in [0.1, 0.15) is 31.7 Å². The lowest BCUT2D eigenvalue weighted by molar-refractivity contribution is -0.144. The molecule has 0 aromatic heterocycles. The van der Waals surface area contributed by atoms with Crippen molar-refractivity contribution in [3.63, 3.8) is 0 Å². The van der Waals surface area contributed by atoms with Crippen molar-refractivity contribution in [2.45, 2.75) is 38.6 Å². The molecule has 0 spiro atoms. The van der Waals surface area contributed by atoms with Gasteiger partial charge in [0.05, 0.1) is 17.5 Å². The van der Waals surface area contributed by atoms with E-state index in [1.165, 1.54) is 4.90 Å². The number of amides is 3. The lowest BCUT2D eigenvalue weighted by Gasteiger charge is -2.41. The Morgan fingerprint density at radius 3 is 2.57 bits per heavy atom. The normalized spacial score (nSPS) is 27.3. The monoisotopic (exact) mass is 316 g/mol. The molecule has 23 heavy (non-hydrogen) atoms. The number of aliphatic carboxylic acids is 1. The third-order valence-corrected chi connectivity index (χ3v) is 4.85. The summed E-state index contributed by atoms with van der Waals surface area (Å²) in [5, 5.41) is 11.9. The van der Waals surface area contributed by atoms with E-state index in [1.54, 1.807) is 12.1 Å². The average Bonchev–Trinajstić information content (AvgIpc) is 2.55. The van der Waals surface area contributed by atoms with Gasteiger partial charge in [-0.25, -0.2) is 9.69 Å². The molecule has 1 saturated heterocycles. The molecule has 6 heteroatoms. The van der Waals surface area contributed by atoms with Crippen LogP contribution in [-0.4, -0.2) is 29.1 Å². The fourth-order valence-electron chi connectivity index (χ4n) is 3.46. The van der Waals surface area contributed by atoms with Gasteiger partial charge in [-0.15, -0.1) is 0 Å². The van der Waals surface area contributed by atoms with Gasteiger partial charge in [-0.05, 0) is 43.4 Å². The van der Waals surface area contributed by atoms with Gasteiger partial charge in [-0.1, -0.05) is 19.1 Å². The van der Waals surface area contributed by atoms with Crippen LogP contribution in [0.15, 0.2) is 24.3 Å². The maximum atomic E-state index is 12.7. The largest absolute Gasteiger partial charge is 0.481 e. The van der Waals surface area contributed by atoms with Crippen LogP contribution in [-0.2, 0) is 16.0 Å². The van der Waals surface area contributed by atoms with E-state index in [-0.39, 0.29) is 17.9 Å². The zero-order valence-corrected chi connectivity index (χ0v) is 13.0. The lowest BCUT2D eigenvalue weighted by atomic mass is 9.76. The second kappa shape index (κ2) is 6.02. The fourth-order valence-corrected chi connectivity index (χ4v) is 3.46. The van der Waals surface area contributed by atoms with Crippen molar-refractivity contribution in [3.05, 3.63) is 29.8 Å². The Bertz CT molecular complexity index is 640. The first-order valence-corrected chi connectivity index (χ1v) is 7.97. The van der Waals surface area contributed by atoms with Crippen molar-refractivity contribution in [1.82, 2.24) is 5.32 Å². The molecule has 1 aliphatic heterocycles. The summed E-state index contributed by atoms with van der Waals surface area (Å²) < 4.78 is 0. The van der Waals surface area contributed by atoms with Crippen molar-refractivity contribution in [2.24, 2.45) is 11.8 Å². The number of fused-ring (bicyclic) bond motifs is 1. The summed E-state index contributed by atoms with van der Waals surface area (Å²) in [5.74, 6) is -1.91. The minimum absolute atomic E-state index is 0.230. The highest BCUT2D eigenvalue weighted by Gasteiger charge is 2.45. The maximum absolute atomic E-state index is 12.7. The Labute approximate surface area is 134 Å². The van der Waals surface area contributed by atoms with Crippen molar-refractivity contribution in [1.29, 1.82) is 0 Å². The molecule has 3 atom stereocenters. The second-order valence-corrected chi connectivity index (χ2v) is 6.20. The molecule has 2 aliphatic rings. The number of rotatable bonds is 3. The number of carboxylic acids is 1. The molecule has 1 aromatic carbocycles. The van der Waals surface area contributed by atoms with Crippen LogP contribution in [0.25, 0.3) is 0 Å². The van der Waals surface area contributed by atoms with Crippen LogP contribution >= 0.6 is 0 Å². The first-order chi connectivity index (χ1) is 11.0. The number of urea groups is 1. The number of nitrogens with zero attached hydrogens (tertiary/aromatic N) is 1. The van der Waals surface area contributed by atoms with E-state index in [0.717, 1.165) is 12.0 Å². The van der Waals surface area contributed by atoms with Crippen LogP contribution in [0.4, 0.5) is 10.5 Å². The van der Waals surface area contributed by atoms with Crippen molar-refractivity contribution in [3.8, 4) is 0 Å².